The molecule has 1 saturated heterocycles. The smallest absolute Gasteiger partial charge is 0.416 e. The number of halogens is 3. The van der Waals surface area contributed by atoms with Gasteiger partial charge in [-0.3, -0.25) is 9.89 Å². The number of rotatable bonds is 6. The van der Waals surface area contributed by atoms with Gasteiger partial charge in [0.15, 0.2) is 11.8 Å². The van der Waals surface area contributed by atoms with E-state index < -0.39 is 17.3 Å². The topological polar surface area (TPSA) is 49.3 Å². The number of allylic oxidation sites excluding steroid dienone is 2. The predicted molar refractivity (Wildman–Crippen MR) is 117 cm³/mol. The summed E-state index contributed by atoms with van der Waals surface area (Å²) in [5.41, 5.74) is -1.46. The molecule has 2 atom stereocenters. The maximum Gasteiger partial charge on any atom is 0.416 e. The molecule has 1 N–H and O–H groups in total. The summed E-state index contributed by atoms with van der Waals surface area (Å²) in [4.78, 5) is 9.03. The highest BCUT2D eigenvalue weighted by Gasteiger charge is 2.46. The van der Waals surface area contributed by atoms with E-state index in [9.17, 15) is 13.2 Å². The third kappa shape index (κ3) is 4.94. The van der Waals surface area contributed by atoms with Crippen molar-refractivity contribution in [1.29, 1.82) is 0 Å². The molecule has 3 aliphatic rings. The quantitative estimate of drug-likeness (QED) is 0.721. The van der Waals surface area contributed by atoms with Crippen LogP contribution in [0.3, 0.4) is 0 Å². The first-order chi connectivity index (χ1) is 15.4. The number of nitrogens with zero attached hydrogens (tertiary/aromatic N) is 3. The monoisotopic (exact) mass is 450 g/mol. The van der Waals surface area contributed by atoms with Crippen molar-refractivity contribution in [2.24, 2.45) is 4.99 Å². The van der Waals surface area contributed by atoms with Crippen LogP contribution in [-0.2, 0) is 10.9 Å². The average Bonchev–Trinajstić information content (AvgIpc) is 2.81. The minimum absolute atomic E-state index is 0.363. The summed E-state index contributed by atoms with van der Waals surface area (Å²) in [6.07, 6.45) is 4.75. The summed E-state index contributed by atoms with van der Waals surface area (Å²) in [6.45, 7) is 4.46. The van der Waals surface area contributed by atoms with E-state index in [0.29, 0.717) is 18.7 Å². The van der Waals surface area contributed by atoms with E-state index in [1.807, 2.05) is 6.21 Å². The molecule has 2 unspecified atom stereocenters. The Morgan fingerprint density at radius 3 is 2.44 bits per heavy atom. The molecule has 3 heterocycles. The van der Waals surface area contributed by atoms with Crippen LogP contribution in [0.4, 0.5) is 13.2 Å². The Hall–Kier alpha value is -2.52. The Labute approximate surface area is 186 Å². The second-order valence-corrected chi connectivity index (χ2v) is 8.22. The van der Waals surface area contributed by atoms with E-state index >= 15 is 0 Å². The van der Waals surface area contributed by atoms with Crippen LogP contribution >= 0.6 is 0 Å². The maximum absolute atomic E-state index is 12.9. The molecule has 0 aliphatic carbocycles. The minimum atomic E-state index is -4.38. The lowest BCUT2D eigenvalue weighted by atomic mass is 9.91. The number of piperazine rings is 1. The fraction of sp³-hybridized carbons (Fsp3) is 0.522. The van der Waals surface area contributed by atoms with E-state index in [4.69, 9.17) is 9.47 Å². The molecule has 3 aliphatic heterocycles. The molecule has 0 bridgehead atoms. The number of ether oxygens (including phenoxy) is 2. The van der Waals surface area contributed by atoms with Crippen LogP contribution in [-0.4, -0.2) is 74.2 Å². The van der Waals surface area contributed by atoms with E-state index in [-0.39, 0.29) is 6.23 Å². The van der Waals surface area contributed by atoms with Crippen molar-refractivity contribution in [2.45, 2.75) is 30.8 Å². The van der Waals surface area contributed by atoms with Crippen LogP contribution in [0.15, 0.2) is 53.3 Å². The van der Waals surface area contributed by atoms with Crippen molar-refractivity contribution in [1.82, 2.24) is 15.1 Å². The minimum Gasteiger partial charge on any atom is -0.481 e. The normalized spacial score (nSPS) is 25.2. The third-order valence-electron chi connectivity index (χ3n) is 6.14. The highest BCUT2D eigenvalue weighted by molar-refractivity contribution is 5.58. The SMILES string of the molecule is COC(N1CCN(C2=CC=CCN2)CC1)C1(Oc2ccc(C(F)(F)F)cc2)CCC=NC1. The van der Waals surface area contributed by atoms with Crippen molar-refractivity contribution in [3.63, 3.8) is 0 Å². The second kappa shape index (κ2) is 9.54. The highest BCUT2D eigenvalue weighted by atomic mass is 19.4. The first-order valence-electron chi connectivity index (χ1n) is 10.9. The Morgan fingerprint density at radius 1 is 1.12 bits per heavy atom. The number of nitrogens with one attached hydrogen (secondary N) is 1. The lowest BCUT2D eigenvalue weighted by Crippen LogP contribution is -2.63. The standard InChI is InChI=1S/C23H29F3N4O2/c1-31-21(30-15-13-29(14-16-30)20-5-2-3-12-28-20)22(10-4-11-27-17-22)32-19-8-6-18(7-9-19)23(24,25)26/h2-3,5-9,11,21,28H,4,10,12-17H2,1H3. The van der Waals surface area contributed by atoms with Gasteiger partial charge in [-0.15, -0.1) is 0 Å². The molecule has 32 heavy (non-hydrogen) atoms. The van der Waals surface area contributed by atoms with Crippen LogP contribution in [0, 0.1) is 0 Å². The van der Waals surface area contributed by atoms with Crippen molar-refractivity contribution in [3.8, 4) is 5.75 Å². The summed E-state index contributed by atoms with van der Waals surface area (Å²) >= 11 is 0. The third-order valence-corrected chi connectivity index (χ3v) is 6.14. The first kappa shape index (κ1) is 22.7. The van der Waals surface area contributed by atoms with Crippen LogP contribution in [0.2, 0.25) is 0 Å². The van der Waals surface area contributed by atoms with Crippen molar-refractivity contribution in [3.05, 3.63) is 53.9 Å². The highest BCUT2D eigenvalue weighted by Crippen LogP contribution is 2.35. The molecule has 0 amide bonds. The van der Waals surface area contributed by atoms with Crippen LogP contribution < -0.4 is 10.1 Å². The zero-order valence-electron chi connectivity index (χ0n) is 18.1. The van der Waals surface area contributed by atoms with Crippen LogP contribution in [0.25, 0.3) is 0 Å². The van der Waals surface area contributed by atoms with Gasteiger partial charge >= 0.3 is 6.18 Å². The van der Waals surface area contributed by atoms with Crippen molar-refractivity contribution < 1.29 is 22.6 Å². The number of hydrogen-bond donors (Lipinski definition) is 1. The molecule has 1 aromatic carbocycles. The molecule has 0 aromatic heterocycles. The van der Waals surface area contributed by atoms with E-state index in [1.165, 1.54) is 12.1 Å². The Bertz CT molecular complexity index is 861. The molecular formula is C23H29F3N4O2. The summed E-state index contributed by atoms with van der Waals surface area (Å²) < 4.78 is 51.1. The zero-order chi connectivity index (χ0) is 22.6. The molecule has 0 radical (unpaired) electrons. The van der Waals surface area contributed by atoms with Gasteiger partial charge in [-0.1, -0.05) is 12.2 Å². The summed E-state index contributed by atoms with van der Waals surface area (Å²) in [7, 11) is 1.66. The number of hydrogen-bond acceptors (Lipinski definition) is 6. The summed E-state index contributed by atoms with van der Waals surface area (Å²) in [6, 6.07) is 4.86. The molecule has 9 heteroatoms. The number of dihydropyridines is 1. The number of alkyl halides is 3. The van der Waals surface area contributed by atoms with Gasteiger partial charge < -0.3 is 19.7 Å². The van der Waals surface area contributed by atoms with Gasteiger partial charge in [0.05, 0.1) is 12.1 Å². The van der Waals surface area contributed by atoms with Gasteiger partial charge in [-0.2, -0.15) is 13.2 Å². The average molecular weight is 451 g/mol. The fourth-order valence-electron chi connectivity index (χ4n) is 4.54. The van der Waals surface area contributed by atoms with Gasteiger partial charge in [0.25, 0.3) is 0 Å². The van der Waals surface area contributed by atoms with E-state index in [2.05, 4.69) is 38.3 Å². The predicted octanol–water partition coefficient (Wildman–Crippen LogP) is 3.28. The molecule has 0 saturated carbocycles. The Kier molecular flexibility index (Phi) is 6.76. The van der Waals surface area contributed by atoms with Crippen LogP contribution in [0.1, 0.15) is 18.4 Å². The molecule has 1 fully saturated rings. The molecule has 4 rings (SSSR count). The Balaban J connectivity index is 1.49. The van der Waals surface area contributed by atoms with Crippen molar-refractivity contribution >= 4 is 6.21 Å². The molecule has 1 aromatic rings. The van der Waals surface area contributed by atoms with Gasteiger partial charge in [0.2, 0.25) is 0 Å². The Morgan fingerprint density at radius 2 is 1.88 bits per heavy atom. The van der Waals surface area contributed by atoms with E-state index in [0.717, 1.165) is 57.1 Å². The number of benzene rings is 1. The van der Waals surface area contributed by atoms with Gasteiger partial charge in [0, 0.05) is 39.8 Å². The van der Waals surface area contributed by atoms with Gasteiger partial charge in [0.1, 0.15) is 11.6 Å². The molecule has 0 spiro atoms. The molecule has 174 valence electrons. The zero-order valence-corrected chi connectivity index (χ0v) is 18.1. The first-order valence-corrected chi connectivity index (χ1v) is 10.9. The lowest BCUT2D eigenvalue weighted by Gasteiger charge is -2.48. The maximum atomic E-state index is 12.9. The fourth-order valence-corrected chi connectivity index (χ4v) is 4.54. The van der Waals surface area contributed by atoms with Crippen LogP contribution in [0.5, 0.6) is 5.75 Å². The largest absolute Gasteiger partial charge is 0.481 e. The van der Waals surface area contributed by atoms with E-state index in [1.54, 1.807) is 7.11 Å². The lowest BCUT2D eigenvalue weighted by molar-refractivity contribution is -0.159. The molecular weight excluding hydrogens is 421 g/mol. The summed E-state index contributed by atoms with van der Waals surface area (Å²) in [5.74, 6) is 1.51. The molecule has 6 nitrogen and oxygen atoms in total. The summed E-state index contributed by atoms with van der Waals surface area (Å²) in [5, 5.41) is 3.39. The number of methoxy groups -OCH3 is 1. The second-order valence-electron chi connectivity index (χ2n) is 8.22. The van der Waals surface area contributed by atoms with Crippen molar-refractivity contribution in [2.75, 3.05) is 46.4 Å². The van der Waals surface area contributed by atoms with Gasteiger partial charge in [-0.25, -0.2) is 0 Å². The van der Waals surface area contributed by atoms with Gasteiger partial charge in [-0.05, 0) is 49.4 Å². The number of aliphatic imine (C=N–C) groups is 1.